The van der Waals surface area contributed by atoms with Gasteiger partial charge in [-0.15, -0.1) is 0 Å². The van der Waals surface area contributed by atoms with Crippen LogP contribution in [-0.4, -0.2) is 27.7 Å². The molecule has 2 aromatic rings. The Bertz CT molecular complexity index is 517. The SMILES string of the molecule is CCOc1ccc(-c2cnc(C(=O)O)[nH]2)cc1. The van der Waals surface area contributed by atoms with E-state index in [4.69, 9.17) is 9.84 Å². The van der Waals surface area contributed by atoms with Crippen molar-refractivity contribution < 1.29 is 14.6 Å². The molecule has 0 amide bonds. The molecule has 0 aliphatic rings. The second-order valence-corrected chi connectivity index (χ2v) is 3.41. The second kappa shape index (κ2) is 4.69. The van der Waals surface area contributed by atoms with E-state index in [0.717, 1.165) is 11.3 Å². The van der Waals surface area contributed by atoms with Crippen molar-refractivity contribution in [1.29, 1.82) is 0 Å². The average Bonchev–Trinajstić information content (AvgIpc) is 2.80. The summed E-state index contributed by atoms with van der Waals surface area (Å²) in [6, 6.07) is 7.37. The third-order valence-corrected chi connectivity index (χ3v) is 2.25. The number of benzene rings is 1. The summed E-state index contributed by atoms with van der Waals surface area (Å²) in [7, 11) is 0. The Morgan fingerprint density at radius 1 is 1.41 bits per heavy atom. The molecule has 0 aliphatic carbocycles. The number of hydrogen-bond donors (Lipinski definition) is 2. The topological polar surface area (TPSA) is 75.2 Å². The molecule has 0 bridgehead atoms. The van der Waals surface area contributed by atoms with Crippen LogP contribution in [-0.2, 0) is 0 Å². The lowest BCUT2D eigenvalue weighted by Gasteiger charge is -2.03. The highest BCUT2D eigenvalue weighted by Crippen LogP contribution is 2.20. The van der Waals surface area contributed by atoms with Crippen molar-refractivity contribution in [3.63, 3.8) is 0 Å². The number of carbonyl (C=O) groups is 1. The maximum absolute atomic E-state index is 10.7. The van der Waals surface area contributed by atoms with Gasteiger partial charge in [0.15, 0.2) is 0 Å². The van der Waals surface area contributed by atoms with Crippen LogP contribution in [0.5, 0.6) is 5.75 Å². The van der Waals surface area contributed by atoms with E-state index in [9.17, 15) is 4.79 Å². The number of carboxylic acid groups (broad SMARTS) is 1. The van der Waals surface area contributed by atoms with E-state index in [2.05, 4.69) is 9.97 Å². The molecule has 1 aromatic heterocycles. The number of H-pyrrole nitrogens is 1. The number of aromatic amines is 1. The van der Waals surface area contributed by atoms with E-state index in [1.165, 1.54) is 6.20 Å². The molecule has 1 heterocycles. The molecule has 1 aromatic carbocycles. The normalized spacial score (nSPS) is 10.2. The fraction of sp³-hybridized carbons (Fsp3) is 0.167. The van der Waals surface area contributed by atoms with E-state index < -0.39 is 5.97 Å². The van der Waals surface area contributed by atoms with Gasteiger partial charge < -0.3 is 14.8 Å². The number of imidazole rings is 1. The molecule has 0 saturated heterocycles. The van der Waals surface area contributed by atoms with Crippen LogP contribution >= 0.6 is 0 Å². The number of rotatable bonds is 4. The predicted molar refractivity (Wildman–Crippen MR) is 62.2 cm³/mol. The summed E-state index contributed by atoms with van der Waals surface area (Å²) in [4.78, 5) is 17.2. The van der Waals surface area contributed by atoms with E-state index >= 15 is 0 Å². The van der Waals surface area contributed by atoms with Crippen LogP contribution in [0.15, 0.2) is 30.5 Å². The zero-order valence-corrected chi connectivity index (χ0v) is 9.30. The summed E-state index contributed by atoms with van der Waals surface area (Å²) in [5.41, 5.74) is 1.54. The van der Waals surface area contributed by atoms with Crippen LogP contribution in [0.25, 0.3) is 11.3 Å². The molecule has 5 heteroatoms. The molecular formula is C12H12N2O3. The quantitative estimate of drug-likeness (QED) is 0.847. The molecule has 88 valence electrons. The van der Waals surface area contributed by atoms with Gasteiger partial charge in [0.25, 0.3) is 0 Å². The summed E-state index contributed by atoms with van der Waals surface area (Å²) in [5, 5.41) is 8.75. The molecule has 0 saturated carbocycles. The summed E-state index contributed by atoms with van der Waals surface area (Å²) < 4.78 is 5.32. The van der Waals surface area contributed by atoms with Crippen LogP contribution < -0.4 is 4.74 Å². The Hall–Kier alpha value is -2.30. The highest BCUT2D eigenvalue weighted by Gasteiger charge is 2.08. The summed E-state index contributed by atoms with van der Waals surface area (Å²) in [5.74, 6) is -0.342. The Morgan fingerprint density at radius 2 is 2.12 bits per heavy atom. The van der Waals surface area contributed by atoms with Crippen LogP contribution in [0.3, 0.4) is 0 Å². The zero-order chi connectivity index (χ0) is 12.3. The Balaban J connectivity index is 2.23. The summed E-state index contributed by atoms with van der Waals surface area (Å²) >= 11 is 0. The predicted octanol–water partition coefficient (Wildman–Crippen LogP) is 2.17. The second-order valence-electron chi connectivity index (χ2n) is 3.41. The first-order chi connectivity index (χ1) is 8.20. The van der Waals surface area contributed by atoms with E-state index in [0.29, 0.717) is 12.3 Å². The highest BCUT2D eigenvalue weighted by atomic mass is 16.5. The third-order valence-electron chi connectivity index (χ3n) is 2.25. The van der Waals surface area contributed by atoms with Gasteiger partial charge in [0.05, 0.1) is 18.5 Å². The molecule has 0 atom stereocenters. The van der Waals surface area contributed by atoms with Crippen LogP contribution in [0.2, 0.25) is 0 Å². The minimum Gasteiger partial charge on any atom is -0.494 e. The van der Waals surface area contributed by atoms with Gasteiger partial charge in [0, 0.05) is 0 Å². The molecule has 0 unspecified atom stereocenters. The molecular weight excluding hydrogens is 220 g/mol. The Kier molecular flexibility index (Phi) is 3.09. The Morgan fingerprint density at radius 3 is 2.65 bits per heavy atom. The zero-order valence-electron chi connectivity index (χ0n) is 9.30. The fourth-order valence-corrected chi connectivity index (χ4v) is 1.47. The molecule has 5 nitrogen and oxygen atoms in total. The largest absolute Gasteiger partial charge is 0.494 e. The van der Waals surface area contributed by atoms with Crippen molar-refractivity contribution in [2.24, 2.45) is 0 Å². The molecule has 17 heavy (non-hydrogen) atoms. The number of nitrogens with zero attached hydrogens (tertiary/aromatic N) is 1. The molecule has 2 N–H and O–H groups in total. The average molecular weight is 232 g/mol. The van der Waals surface area contributed by atoms with Gasteiger partial charge in [0.1, 0.15) is 5.75 Å². The maximum Gasteiger partial charge on any atom is 0.371 e. The first kappa shape index (κ1) is 11.2. The van der Waals surface area contributed by atoms with Crippen molar-refractivity contribution in [3.05, 3.63) is 36.3 Å². The van der Waals surface area contributed by atoms with E-state index in [1.807, 2.05) is 31.2 Å². The van der Waals surface area contributed by atoms with E-state index in [-0.39, 0.29) is 5.82 Å². The van der Waals surface area contributed by atoms with Gasteiger partial charge in [-0.25, -0.2) is 9.78 Å². The first-order valence-electron chi connectivity index (χ1n) is 5.22. The number of ether oxygens (including phenoxy) is 1. The third kappa shape index (κ3) is 2.44. The monoisotopic (exact) mass is 232 g/mol. The van der Waals surface area contributed by atoms with Crippen LogP contribution in [0.1, 0.15) is 17.5 Å². The first-order valence-corrected chi connectivity index (χ1v) is 5.22. The smallest absolute Gasteiger partial charge is 0.371 e. The van der Waals surface area contributed by atoms with Gasteiger partial charge in [-0.2, -0.15) is 0 Å². The van der Waals surface area contributed by atoms with Crippen LogP contribution in [0.4, 0.5) is 0 Å². The minimum atomic E-state index is -1.07. The highest BCUT2D eigenvalue weighted by molar-refractivity contribution is 5.84. The molecule has 0 aliphatic heterocycles. The molecule has 0 fully saturated rings. The lowest BCUT2D eigenvalue weighted by atomic mass is 10.2. The number of aromatic nitrogens is 2. The molecule has 2 rings (SSSR count). The van der Waals surface area contributed by atoms with Gasteiger partial charge in [-0.1, -0.05) is 0 Å². The lowest BCUT2D eigenvalue weighted by Crippen LogP contribution is -1.98. The Labute approximate surface area is 98.1 Å². The fourth-order valence-electron chi connectivity index (χ4n) is 1.47. The number of carboxylic acids is 1. The number of aromatic carboxylic acids is 1. The van der Waals surface area contributed by atoms with Crippen molar-refractivity contribution in [2.45, 2.75) is 6.92 Å². The van der Waals surface area contributed by atoms with Crippen molar-refractivity contribution >= 4 is 5.97 Å². The van der Waals surface area contributed by atoms with Crippen molar-refractivity contribution in [2.75, 3.05) is 6.61 Å². The minimum absolute atomic E-state index is 0.0612. The number of hydrogen-bond acceptors (Lipinski definition) is 3. The van der Waals surface area contributed by atoms with E-state index in [1.54, 1.807) is 0 Å². The molecule has 0 spiro atoms. The van der Waals surface area contributed by atoms with Crippen molar-refractivity contribution in [3.8, 4) is 17.0 Å². The standard InChI is InChI=1S/C12H12N2O3/c1-2-17-9-5-3-8(4-6-9)10-7-13-11(14-10)12(15)16/h3-7H,2H2,1H3,(H,13,14)(H,15,16). The van der Waals surface area contributed by atoms with Crippen molar-refractivity contribution in [1.82, 2.24) is 9.97 Å². The number of nitrogens with one attached hydrogen (secondary N) is 1. The molecule has 0 radical (unpaired) electrons. The summed E-state index contributed by atoms with van der Waals surface area (Å²) in [6.07, 6.45) is 1.50. The van der Waals surface area contributed by atoms with Gasteiger partial charge in [0.2, 0.25) is 5.82 Å². The van der Waals surface area contributed by atoms with Gasteiger partial charge >= 0.3 is 5.97 Å². The summed E-state index contributed by atoms with van der Waals surface area (Å²) in [6.45, 7) is 2.54. The van der Waals surface area contributed by atoms with Gasteiger partial charge in [-0.3, -0.25) is 0 Å². The lowest BCUT2D eigenvalue weighted by molar-refractivity contribution is 0.0685. The maximum atomic E-state index is 10.7. The van der Waals surface area contributed by atoms with Crippen LogP contribution in [0, 0.1) is 0 Å². The van der Waals surface area contributed by atoms with Gasteiger partial charge in [-0.05, 0) is 36.8 Å².